The van der Waals surface area contributed by atoms with Gasteiger partial charge >= 0.3 is 0 Å². The lowest BCUT2D eigenvalue weighted by molar-refractivity contribution is 1.01. The van der Waals surface area contributed by atoms with E-state index in [0.717, 1.165) is 11.6 Å². The van der Waals surface area contributed by atoms with Gasteiger partial charge in [-0.25, -0.2) is 9.97 Å². The van der Waals surface area contributed by atoms with Crippen molar-refractivity contribution in [3.63, 3.8) is 0 Å². The summed E-state index contributed by atoms with van der Waals surface area (Å²) in [7, 11) is 1.90. The monoisotopic (exact) mass is 149 g/mol. The van der Waals surface area contributed by atoms with Crippen LogP contribution < -0.4 is 4.90 Å². The van der Waals surface area contributed by atoms with Crippen molar-refractivity contribution in [3.8, 4) is 0 Å². The third kappa shape index (κ3) is 1.77. The molecule has 1 rings (SSSR count). The average Bonchev–Trinajstić information content (AvgIpc) is 2.03. The van der Waals surface area contributed by atoms with Crippen molar-refractivity contribution in [1.82, 2.24) is 9.97 Å². The van der Waals surface area contributed by atoms with Crippen LogP contribution in [0.15, 0.2) is 25.0 Å². The predicted octanol–water partition coefficient (Wildman–Crippen LogP) is 1.36. The van der Waals surface area contributed by atoms with E-state index in [1.165, 1.54) is 0 Å². The molecule has 0 aliphatic rings. The standard InChI is InChI=1S/C8H11N3/c1-4-11(3)8-5-6-9-7(2)10-8/h4-6H,1H2,2-3H3. The van der Waals surface area contributed by atoms with E-state index in [9.17, 15) is 0 Å². The molecule has 0 saturated heterocycles. The minimum absolute atomic E-state index is 0.774. The topological polar surface area (TPSA) is 29.0 Å². The summed E-state index contributed by atoms with van der Waals surface area (Å²) in [5.41, 5.74) is 0. The maximum atomic E-state index is 4.19. The van der Waals surface area contributed by atoms with Gasteiger partial charge in [-0.3, -0.25) is 0 Å². The van der Waals surface area contributed by atoms with Crippen LogP contribution in [-0.4, -0.2) is 17.0 Å². The van der Waals surface area contributed by atoms with Gasteiger partial charge in [0.2, 0.25) is 0 Å². The van der Waals surface area contributed by atoms with Crippen LogP contribution in [0.3, 0.4) is 0 Å². The minimum atomic E-state index is 0.774. The Morgan fingerprint density at radius 3 is 2.91 bits per heavy atom. The van der Waals surface area contributed by atoms with E-state index in [1.807, 2.05) is 24.9 Å². The summed E-state index contributed by atoms with van der Waals surface area (Å²) in [5.74, 6) is 1.64. The molecule has 3 nitrogen and oxygen atoms in total. The van der Waals surface area contributed by atoms with Crippen LogP contribution in [0, 0.1) is 6.92 Å². The van der Waals surface area contributed by atoms with Gasteiger partial charge in [0.05, 0.1) is 0 Å². The number of hydrogen-bond donors (Lipinski definition) is 0. The van der Waals surface area contributed by atoms with Crippen LogP contribution >= 0.6 is 0 Å². The fourth-order valence-corrected chi connectivity index (χ4v) is 0.734. The zero-order chi connectivity index (χ0) is 8.27. The zero-order valence-corrected chi connectivity index (χ0v) is 6.78. The molecule has 0 atom stereocenters. The summed E-state index contributed by atoms with van der Waals surface area (Å²) in [6, 6.07) is 1.84. The first-order chi connectivity index (χ1) is 5.24. The van der Waals surface area contributed by atoms with Crippen LogP contribution in [-0.2, 0) is 0 Å². The highest BCUT2D eigenvalue weighted by Crippen LogP contribution is 2.06. The Labute approximate surface area is 66.4 Å². The van der Waals surface area contributed by atoms with E-state index in [0.29, 0.717) is 0 Å². The third-order valence-corrected chi connectivity index (χ3v) is 1.40. The molecule has 1 heterocycles. The maximum Gasteiger partial charge on any atom is 0.135 e. The Morgan fingerprint density at radius 2 is 2.36 bits per heavy atom. The molecule has 0 saturated carbocycles. The number of aromatic nitrogens is 2. The van der Waals surface area contributed by atoms with Gasteiger partial charge < -0.3 is 4.90 Å². The van der Waals surface area contributed by atoms with Gasteiger partial charge in [-0.2, -0.15) is 0 Å². The maximum absolute atomic E-state index is 4.19. The van der Waals surface area contributed by atoms with E-state index in [4.69, 9.17) is 0 Å². The van der Waals surface area contributed by atoms with E-state index in [1.54, 1.807) is 12.4 Å². The van der Waals surface area contributed by atoms with Gasteiger partial charge in [-0.15, -0.1) is 0 Å². The lowest BCUT2D eigenvalue weighted by Gasteiger charge is -2.11. The molecule has 0 aliphatic heterocycles. The molecule has 0 aromatic carbocycles. The predicted molar refractivity (Wildman–Crippen MR) is 45.4 cm³/mol. The van der Waals surface area contributed by atoms with Gasteiger partial charge in [0, 0.05) is 13.2 Å². The van der Waals surface area contributed by atoms with Gasteiger partial charge in [0.1, 0.15) is 11.6 Å². The SMILES string of the molecule is C=CN(C)c1ccnc(C)n1. The molecule has 3 heteroatoms. The Kier molecular flexibility index (Phi) is 2.21. The van der Waals surface area contributed by atoms with Gasteiger partial charge in [-0.1, -0.05) is 6.58 Å². The van der Waals surface area contributed by atoms with Crippen molar-refractivity contribution < 1.29 is 0 Å². The first kappa shape index (κ1) is 7.72. The molecule has 0 radical (unpaired) electrons. The summed E-state index contributed by atoms with van der Waals surface area (Å²) in [4.78, 5) is 10.0. The van der Waals surface area contributed by atoms with Gasteiger partial charge in [0.25, 0.3) is 0 Å². The van der Waals surface area contributed by atoms with Crippen LogP contribution in [0.4, 0.5) is 5.82 Å². The van der Waals surface area contributed by atoms with Crippen molar-refractivity contribution in [1.29, 1.82) is 0 Å². The molecule has 0 spiro atoms. The third-order valence-electron chi connectivity index (χ3n) is 1.40. The molecule has 1 aromatic heterocycles. The Morgan fingerprint density at radius 1 is 1.64 bits per heavy atom. The van der Waals surface area contributed by atoms with Crippen LogP contribution in [0.1, 0.15) is 5.82 Å². The van der Waals surface area contributed by atoms with Crippen LogP contribution in [0.2, 0.25) is 0 Å². The first-order valence-electron chi connectivity index (χ1n) is 3.39. The Bertz CT molecular complexity index is 257. The zero-order valence-electron chi connectivity index (χ0n) is 6.78. The molecule has 0 unspecified atom stereocenters. The van der Waals surface area contributed by atoms with Crippen molar-refractivity contribution in [3.05, 3.63) is 30.9 Å². The number of rotatable bonds is 2. The van der Waals surface area contributed by atoms with Crippen molar-refractivity contribution in [2.45, 2.75) is 6.92 Å². The highest BCUT2D eigenvalue weighted by molar-refractivity contribution is 5.38. The second-order valence-corrected chi connectivity index (χ2v) is 2.26. The van der Waals surface area contributed by atoms with E-state index in [-0.39, 0.29) is 0 Å². The normalized spacial score (nSPS) is 9.27. The van der Waals surface area contributed by atoms with Crippen molar-refractivity contribution in [2.75, 3.05) is 11.9 Å². The van der Waals surface area contributed by atoms with Gasteiger partial charge in [-0.05, 0) is 19.2 Å². The molecule has 11 heavy (non-hydrogen) atoms. The Balaban J connectivity index is 2.95. The van der Waals surface area contributed by atoms with Crippen molar-refractivity contribution >= 4 is 5.82 Å². The summed E-state index contributed by atoms with van der Waals surface area (Å²) < 4.78 is 0. The average molecular weight is 149 g/mol. The lowest BCUT2D eigenvalue weighted by atomic mass is 10.5. The molecule has 58 valence electrons. The van der Waals surface area contributed by atoms with Crippen molar-refractivity contribution in [2.24, 2.45) is 0 Å². The molecule has 0 N–H and O–H groups in total. The second kappa shape index (κ2) is 3.14. The number of nitrogens with zero attached hydrogens (tertiary/aromatic N) is 3. The largest absolute Gasteiger partial charge is 0.337 e. The molecule has 1 aromatic rings. The van der Waals surface area contributed by atoms with Crippen LogP contribution in [0.5, 0.6) is 0 Å². The molecular weight excluding hydrogens is 138 g/mol. The minimum Gasteiger partial charge on any atom is -0.337 e. The Hall–Kier alpha value is -1.38. The van der Waals surface area contributed by atoms with E-state index < -0.39 is 0 Å². The molecule has 0 amide bonds. The van der Waals surface area contributed by atoms with Gasteiger partial charge in [0.15, 0.2) is 0 Å². The summed E-state index contributed by atoms with van der Waals surface area (Å²) in [6.45, 7) is 5.49. The van der Waals surface area contributed by atoms with Crippen LogP contribution in [0.25, 0.3) is 0 Å². The summed E-state index contributed by atoms with van der Waals surface area (Å²) in [6.07, 6.45) is 3.44. The fourth-order valence-electron chi connectivity index (χ4n) is 0.734. The molecule has 0 bridgehead atoms. The lowest BCUT2D eigenvalue weighted by Crippen LogP contribution is -2.09. The molecular formula is C8H11N3. The highest BCUT2D eigenvalue weighted by Gasteiger charge is 1.96. The number of aryl methyl sites for hydroxylation is 1. The quantitative estimate of drug-likeness (QED) is 0.635. The molecule has 0 fully saturated rings. The van der Waals surface area contributed by atoms with E-state index >= 15 is 0 Å². The highest BCUT2D eigenvalue weighted by atomic mass is 15.2. The fraction of sp³-hybridized carbons (Fsp3) is 0.250. The molecule has 0 aliphatic carbocycles. The first-order valence-corrected chi connectivity index (χ1v) is 3.39. The summed E-state index contributed by atoms with van der Waals surface area (Å²) in [5, 5.41) is 0. The smallest absolute Gasteiger partial charge is 0.135 e. The van der Waals surface area contributed by atoms with E-state index in [2.05, 4.69) is 16.5 Å². The second-order valence-electron chi connectivity index (χ2n) is 2.26. The number of hydrogen-bond acceptors (Lipinski definition) is 3. The number of anilines is 1. The summed E-state index contributed by atoms with van der Waals surface area (Å²) >= 11 is 0.